The van der Waals surface area contributed by atoms with Gasteiger partial charge in [-0.25, -0.2) is 0 Å². The van der Waals surface area contributed by atoms with Crippen LogP contribution in [0.25, 0.3) is 22.2 Å². The van der Waals surface area contributed by atoms with E-state index >= 15 is 0 Å². The molecule has 0 spiro atoms. The average molecular weight is 531 g/mol. The lowest BCUT2D eigenvalue weighted by molar-refractivity contribution is 0.183. The molecule has 206 valence electrons. The van der Waals surface area contributed by atoms with Gasteiger partial charge >= 0.3 is 0 Å². The van der Waals surface area contributed by atoms with Crippen LogP contribution in [0.2, 0.25) is 0 Å². The number of hydrogen-bond donors (Lipinski definition) is 0. The van der Waals surface area contributed by atoms with Crippen LogP contribution in [0.1, 0.15) is 24.8 Å². The maximum atomic E-state index is 6.06. The van der Waals surface area contributed by atoms with E-state index in [0.29, 0.717) is 30.4 Å². The van der Waals surface area contributed by atoms with E-state index in [-0.39, 0.29) is 0 Å². The second kappa shape index (κ2) is 12.3. The highest BCUT2D eigenvalue weighted by Crippen LogP contribution is 2.42. The van der Waals surface area contributed by atoms with Crippen molar-refractivity contribution in [1.82, 2.24) is 9.47 Å². The molecule has 0 atom stereocenters. The molecular formula is C32H38N2O5. The third-order valence-electron chi connectivity index (χ3n) is 7.46. The fraction of sp³-hybridized carbons (Fsp3) is 0.375. The first-order valence-corrected chi connectivity index (χ1v) is 13.5. The second-order valence-electron chi connectivity index (χ2n) is 9.85. The van der Waals surface area contributed by atoms with E-state index in [4.69, 9.17) is 23.7 Å². The summed E-state index contributed by atoms with van der Waals surface area (Å²) in [5.74, 6) is 3.54. The van der Waals surface area contributed by atoms with Crippen LogP contribution in [0.3, 0.4) is 0 Å². The van der Waals surface area contributed by atoms with Crippen LogP contribution in [0.15, 0.2) is 60.7 Å². The number of likely N-dealkylation sites (tertiary alicyclic amines) is 1. The number of fused-ring (bicyclic) bond motifs is 1. The quantitative estimate of drug-likeness (QED) is 0.228. The van der Waals surface area contributed by atoms with Crippen LogP contribution in [0, 0.1) is 0 Å². The first-order chi connectivity index (χ1) is 19.1. The van der Waals surface area contributed by atoms with Crippen LogP contribution in [-0.2, 0) is 6.54 Å². The molecule has 0 saturated carbocycles. The van der Waals surface area contributed by atoms with Gasteiger partial charge in [-0.3, -0.25) is 4.90 Å². The molecule has 1 fully saturated rings. The van der Waals surface area contributed by atoms with Gasteiger partial charge in [0, 0.05) is 35.2 Å². The SMILES string of the molecule is COc1ccc2c(c1)cc(-c1cc(OC)c(OC)c(OC)c1)n2Cc1ccc(OCCN2CCCCC2)cc1. The summed E-state index contributed by atoms with van der Waals surface area (Å²) in [5, 5.41) is 1.09. The molecule has 7 heteroatoms. The van der Waals surface area contributed by atoms with E-state index in [1.165, 1.54) is 37.9 Å². The standard InChI is InChI=1S/C32H38N2O5/c1-35-27-12-13-28-24(18-27)19-29(25-20-30(36-2)32(38-4)31(21-25)37-3)34(28)22-23-8-10-26(11-9-23)39-17-16-33-14-6-5-7-15-33/h8-13,18-21H,5-7,14-17,22H2,1-4H3. The highest BCUT2D eigenvalue weighted by atomic mass is 16.5. The van der Waals surface area contributed by atoms with Gasteiger partial charge in [-0.2, -0.15) is 0 Å². The Morgan fingerprint density at radius 3 is 2.03 bits per heavy atom. The summed E-state index contributed by atoms with van der Waals surface area (Å²) in [6, 6.07) is 20.7. The van der Waals surface area contributed by atoms with E-state index < -0.39 is 0 Å². The molecular weight excluding hydrogens is 492 g/mol. The zero-order valence-corrected chi connectivity index (χ0v) is 23.4. The Kier molecular flexibility index (Phi) is 8.47. The van der Waals surface area contributed by atoms with E-state index in [9.17, 15) is 0 Å². The van der Waals surface area contributed by atoms with Gasteiger partial charge < -0.3 is 28.3 Å². The molecule has 2 heterocycles. The van der Waals surface area contributed by atoms with Crippen molar-refractivity contribution in [1.29, 1.82) is 0 Å². The molecule has 1 saturated heterocycles. The number of piperidine rings is 1. The molecule has 0 unspecified atom stereocenters. The zero-order valence-electron chi connectivity index (χ0n) is 23.4. The Morgan fingerprint density at radius 1 is 0.692 bits per heavy atom. The Bertz CT molecular complexity index is 1360. The zero-order chi connectivity index (χ0) is 27.2. The number of aromatic nitrogens is 1. The average Bonchev–Trinajstić information content (AvgIpc) is 3.34. The third kappa shape index (κ3) is 5.93. The molecule has 0 bridgehead atoms. The summed E-state index contributed by atoms with van der Waals surface area (Å²) < 4.78 is 30.7. The van der Waals surface area contributed by atoms with Crippen molar-refractivity contribution in [2.45, 2.75) is 25.8 Å². The lowest BCUT2D eigenvalue weighted by Gasteiger charge is -2.26. The van der Waals surface area contributed by atoms with Crippen molar-refractivity contribution in [2.24, 2.45) is 0 Å². The molecule has 39 heavy (non-hydrogen) atoms. The van der Waals surface area contributed by atoms with Crippen LogP contribution < -0.4 is 23.7 Å². The maximum absolute atomic E-state index is 6.06. The summed E-state index contributed by atoms with van der Waals surface area (Å²) >= 11 is 0. The molecule has 7 nitrogen and oxygen atoms in total. The van der Waals surface area contributed by atoms with E-state index in [1.807, 2.05) is 18.2 Å². The van der Waals surface area contributed by atoms with Gasteiger partial charge in [-0.1, -0.05) is 18.6 Å². The predicted molar refractivity (Wildman–Crippen MR) is 155 cm³/mol. The predicted octanol–water partition coefficient (Wildman–Crippen LogP) is 6.26. The van der Waals surface area contributed by atoms with Gasteiger partial charge in [-0.15, -0.1) is 0 Å². The Labute approximate surface area is 230 Å². The molecule has 0 N–H and O–H groups in total. The molecule has 0 aliphatic carbocycles. The minimum atomic E-state index is 0.573. The summed E-state index contributed by atoms with van der Waals surface area (Å²) in [4.78, 5) is 2.49. The van der Waals surface area contributed by atoms with E-state index in [2.05, 4.69) is 51.9 Å². The summed E-state index contributed by atoms with van der Waals surface area (Å²) in [6.07, 6.45) is 3.95. The van der Waals surface area contributed by atoms with Gasteiger partial charge in [0.1, 0.15) is 18.1 Å². The fourth-order valence-corrected chi connectivity index (χ4v) is 5.36. The van der Waals surface area contributed by atoms with Gasteiger partial charge in [0.05, 0.1) is 28.4 Å². The van der Waals surface area contributed by atoms with Crippen molar-refractivity contribution in [3.8, 4) is 40.0 Å². The minimum Gasteiger partial charge on any atom is -0.497 e. The summed E-state index contributed by atoms with van der Waals surface area (Å²) in [5.41, 5.74) is 4.30. The smallest absolute Gasteiger partial charge is 0.203 e. The van der Waals surface area contributed by atoms with Crippen LogP contribution >= 0.6 is 0 Å². The maximum Gasteiger partial charge on any atom is 0.203 e. The molecule has 1 aliphatic heterocycles. The topological polar surface area (TPSA) is 54.3 Å². The molecule has 1 aromatic heterocycles. The largest absolute Gasteiger partial charge is 0.497 e. The number of nitrogens with zero attached hydrogens (tertiary/aromatic N) is 2. The number of ether oxygens (including phenoxy) is 5. The van der Waals surface area contributed by atoms with Gasteiger partial charge in [0.25, 0.3) is 0 Å². The van der Waals surface area contributed by atoms with Crippen LogP contribution in [0.5, 0.6) is 28.7 Å². The number of hydrogen-bond acceptors (Lipinski definition) is 6. The Balaban J connectivity index is 1.43. The highest BCUT2D eigenvalue weighted by molar-refractivity contribution is 5.89. The van der Waals surface area contributed by atoms with Crippen LogP contribution in [-0.4, -0.2) is 64.1 Å². The summed E-state index contributed by atoms with van der Waals surface area (Å²) in [7, 11) is 6.58. The number of rotatable bonds is 11. The number of benzene rings is 3. The first kappa shape index (κ1) is 26.8. The highest BCUT2D eigenvalue weighted by Gasteiger charge is 2.18. The van der Waals surface area contributed by atoms with Crippen molar-refractivity contribution in [3.63, 3.8) is 0 Å². The van der Waals surface area contributed by atoms with Gasteiger partial charge in [-0.05, 0) is 80.0 Å². The lowest BCUT2D eigenvalue weighted by atomic mass is 10.1. The molecule has 3 aromatic carbocycles. The first-order valence-electron chi connectivity index (χ1n) is 13.5. The molecule has 5 rings (SSSR count). The van der Waals surface area contributed by atoms with Crippen LogP contribution in [0.4, 0.5) is 0 Å². The van der Waals surface area contributed by atoms with Crippen molar-refractivity contribution >= 4 is 10.9 Å². The lowest BCUT2D eigenvalue weighted by Crippen LogP contribution is -2.33. The van der Waals surface area contributed by atoms with Gasteiger partial charge in [0.2, 0.25) is 5.75 Å². The normalized spacial score (nSPS) is 13.8. The fourth-order valence-electron chi connectivity index (χ4n) is 5.36. The minimum absolute atomic E-state index is 0.573. The van der Waals surface area contributed by atoms with Crippen molar-refractivity contribution < 1.29 is 23.7 Å². The van der Waals surface area contributed by atoms with E-state index in [0.717, 1.165) is 40.2 Å². The Hall–Kier alpha value is -3.84. The molecule has 0 amide bonds. The summed E-state index contributed by atoms with van der Waals surface area (Å²) in [6.45, 7) is 4.77. The molecule has 1 aliphatic rings. The van der Waals surface area contributed by atoms with Crippen molar-refractivity contribution in [3.05, 3.63) is 66.2 Å². The Morgan fingerprint density at radius 2 is 1.38 bits per heavy atom. The molecule has 0 radical (unpaired) electrons. The van der Waals surface area contributed by atoms with Crippen molar-refractivity contribution in [2.75, 3.05) is 54.7 Å². The third-order valence-corrected chi connectivity index (χ3v) is 7.46. The molecule has 4 aromatic rings. The van der Waals surface area contributed by atoms with E-state index in [1.54, 1.807) is 28.4 Å². The second-order valence-corrected chi connectivity index (χ2v) is 9.85. The monoisotopic (exact) mass is 530 g/mol. The van der Waals surface area contributed by atoms with Gasteiger partial charge in [0.15, 0.2) is 11.5 Å². The number of methoxy groups -OCH3 is 4.